The van der Waals surface area contributed by atoms with Crippen molar-refractivity contribution in [2.24, 2.45) is 5.16 Å². The number of nitrogens with zero attached hydrogens (tertiary/aromatic N) is 1. The Bertz CT molecular complexity index is 437. The van der Waals surface area contributed by atoms with Crippen molar-refractivity contribution in [3.05, 3.63) is 42.0 Å². The molecule has 2 rings (SSSR count). The monoisotopic (exact) mass is 243 g/mol. The van der Waals surface area contributed by atoms with Crippen molar-refractivity contribution < 1.29 is 9.63 Å². The summed E-state index contributed by atoms with van der Waals surface area (Å²) in [5.74, 6) is 0. The summed E-state index contributed by atoms with van der Waals surface area (Å²) in [6.07, 6.45) is 8.33. The van der Waals surface area contributed by atoms with Crippen LogP contribution in [-0.4, -0.2) is 18.1 Å². The molecule has 18 heavy (non-hydrogen) atoms. The molecule has 0 N–H and O–H groups in total. The number of rotatable bonds is 6. The fourth-order valence-corrected chi connectivity index (χ4v) is 1.89. The van der Waals surface area contributed by atoms with E-state index in [0.29, 0.717) is 6.42 Å². The Morgan fingerprint density at radius 3 is 2.89 bits per heavy atom. The Balaban J connectivity index is 1.79. The smallest absolute Gasteiger partial charge is 0.133 e. The van der Waals surface area contributed by atoms with Crippen LogP contribution in [0.5, 0.6) is 0 Å². The molecule has 1 aromatic carbocycles. The maximum absolute atomic E-state index is 10.2. The molecule has 0 aromatic heterocycles. The van der Waals surface area contributed by atoms with Gasteiger partial charge < -0.3 is 9.63 Å². The molecular weight excluding hydrogens is 226 g/mol. The van der Waals surface area contributed by atoms with Crippen LogP contribution in [0.25, 0.3) is 6.08 Å². The Morgan fingerprint density at radius 2 is 2.11 bits per heavy atom. The van der Waals surface area contributed by atoms with Crippen LogP contribution in [0.15, 0.2) is 41.6 Å². The molecule has 1 heterocycles. The average molecular weight is 243 g/mol. The number of hydrogen-bond donors (Lipinski definition) is 0. The lowest BCUT2D eigenvalue weighted by atomic mass is 10.1. The molecule has 94 valence electrons. The van der Waals surface area contributed by atoms with E-state index in [9.17, 15) is 4.79 Å². The molecule has 0 amide bonds. The van der Waals surface area contributed by atoms with Crippen molar-refractivity contribution in [2.75, 3.05) is 0 Å². The number of allylic oxidation sites excluding steroid dienone is 1. The average Bonchev–Trinajstić information content (AvgIpc) is 2.86. The van der Waals surface area contributed by atoms with E-state index in [1.807, 2.05) is 30.4 Å². The van der Waals surface area contributed by atoms with Gasteiger partial charge in [0, 0.05) is 12.8 Å². The van der Waals surface area contributed by atoms with Gasteiger partial charge in [-0.1, -0.05) is 41.6 Å². The number of oxime groups is 1. The zero-order valence-corrected chi connectivity index (χ0v) is 10.3. The first-order valence-corrected chi connectivity index (χ1v) is 6.28. The molecule has 1 aliphatic heterocycles. The first-order chi connectivity index (χ1) is 8.88. The molecule has 0 saturated heterocycles. The maximum Gasteiger partial charge on any atom is 0.133 e. The summed E-state index contributed by atoms with van der Waals surface area (Å²) in [6.45, 7) is 0. The Morgan fingerprint density at radius 1 is 1.28 bits per heavy atom. The van der Waals surface area contributed by atoms with E-state index in [4.69, 9.17) is 4.84 Å². The minimum absolute atomic E-state index is 0.139. The van der Waals surface area contributed by atoms with E-state index in [2.05, 4.69) is 17.3 Å². The van der Waals surface area contributed by atoms with Crippen LogP contribution in [0.2, 0.25) is 0 Å². The number of carbonyl (C=O) groups excluding carboxylic acids is 1. The van der Waals surface area contributed by atoms with E-state index < -0.39 is 0 Å². The summed E-state index contributed by atoms with van der Waals surface area (Å²) in [5.41, 5.74) is 2.12. The zero-order chi connectivity index (χ0) is 12.6. The minimum atomic E-state index is 0.139. The van der Waals surface area contributed by atoms with Gasteiger partial charge in [-0.25, -0.2) is 0 Å². The molecule has 1 unspecified atom stereocenters. The summed E-state index contributed by atoms with van der Waals surface area (Å²) >= 11 is 0. The second-order valence-corrected chi connectivity index (χ2v) is 4.36. The number of unbranched alkanes of at least 4 members (excludes halogenated alkanes) is 1. The molecular formula is C15H17NO2. The van der Waals surface area contributed by atoms with E-state index in [0.717, 1.165) is 36.8 Å². The molecule has 0 radical (unpaired) electrons. The van der Waals surface area contributed by atoms with Crippen LogP contribution in [-0.2, 0) is 9.63 Å². The van der Waals surface area contributed by atoms with E-state index >= 15 is 0 Å². The molecule has 0 saturated carbocycles. The minimum Gasteiger partial charge on any atom is -0.392 e. The third-order valence-corrected chi connectivity index (χ3v) is 2.87. The molecule has 0 aliphatic carbocycles. The van der Waals surface area contributed by atoms with Crippen LogP contribution in [0.4, 0.5) is 0 Å². The first-order valence-electron chi connectivity index (χ1n) is 6.28. The highest BCUT2D eigenvalue weighted by Gasteiger charge is 2.18. The van der Waals surface area contributed by atoms with Crippen molar-refractivity contribution in [3.8, 4) is 0 Å². The van der Waals surface area contributed by atoms with E-state index in [1.165, 1.54) is 0 Å². The molecule has 0 fully saturated rings. The largest absolute Gasteiger partial charge is 0.392 e. The third-order valence-electron chi connectivity index (χ3n) is 2.87. The number of aldehydes is 1. The Kier molecular flexibility index (Phi) is 4.70. The lowest BCUT2D eigenvalue weighted by Crippen LogP contribution is -2.06. The van der Waals surface area contributed by atoms with Gasteiger partial charge in [0.05, 0.1) is 5.71 Å². The van der Waals surface area contributed by atoms with Crippen molar-refractivity contribution in [1.82, 2.24) is 0 Å². The summed E-state index contributed by atoms with van der Waals surface area (Å²) in [7, 11) is 0. The lowest BCUT2D eigenvalue weighted by molar-refractivity contribution is -0.108. The summed E-state index contributed by atoms with van der Waals surface area (Å²) in [4.78, 5) is 15.5. The van der Waals surface area contributed by atoms with Crippen molar-refractivity contribution in [3.63, 3.8) is 0 Å². The number of carbonyl (C=O) groups is 1. The predicted molar refractivity (Wildman–Crippen MR) is 72.3 cm³/mol. The summed E-state index contributed by atoms with van der Waals surface area (Å²) in [6, 6.07) is 10.1. The first kappa shape index (κ1) is 12.6. The van der Waals surface area contributed by atoms with Crippen LogP contribution < -0.4 is 0 Å². The van der Waals surface area contributed by atoms with Crippen LogP contribution in [0, 0.1) is 0 Å². The molecule has 3 nitrogen and oxygen atoms in total. The molecule has 1 aromatic rings. The molecule has 0 bridgehead atoms. The second-order valence-electron chi connectivity index (χ2n) is 4.36. The molecule has 1 aliphatic rings. The van der Waals surface area contributed by atoms with Gasteiger partial charge in [0.2, 0.25) is 0 Å². The quantitative estimate of drug-likeness (QED) is 0.568. The van der Waals surface area contributed by atoms with Gasteiger partial charge in [0.1, 0.15) is 12.4 Å². The highest BCUT2D eigenvalue weighted by atomic mass is 16.6. The fourth-order valence-electron chi connectivity index (χ4n) is 1.89. The van der Waals surface area contributed by atoms with Gasteiger partial charge in [-0.3, -0.25) is 0 Å². The highest BCUT2D eigenvalue weighted by Crippen LogP contribution is 2.17. The Labute approximate surface area is 107 Å². The topological polar surface area (TPSA) is 38.7 Å². The van der Waals surface area contributed by atoms with E-state index in [-0.39, 0.29) is 6.10 Å². The SMILES string of the molecule is O=CCCCC1CC(C=Cc2ccccc2)=NO1. The number of benzene rings is 1. The van der Waals surface area contributed by atoms with Gasteiger partial charge in [-0.15, -0.1) is 0 Å². The zero-order valence-electron chi connectivity index (χ0n) is 10.3. The van der Waals surface area contributed by atoms with Crippen molar-refractivity contribution in [2.45, 2.75) is 31.8 Å². The molecule has 1 atom stereocenters. The van der Waals surface area contributed by atoms with Crippen molar-refractivity contribution >= 4 is 18.1 Å². The van der Waals surface area contributed by atoms with Crippen molar-refractivity contribution in [1.29, 1.82) is 0 Å². The van der Waals surface area contributed by atoms with Gasteiger partial charge in [-0.2, -0.15) is 0 Å². The fraction of sp³-hybridized carbons (Fsp3) is 0.333. The molecule has 0 spiro atoms. The normalized spacial score (nSPS) is 18.7. The molecule has 3 heteroatoms. The second kappa shape index (κ2) is 6.74. The van der Waals surface area contributed by atoms with Gasteiger partial charge in [0.25, 0.3) is 0 Å². The van der Waals surface area contributed by atoms with Gasteiger partial charge >= 0.3 is 0 Å². The third kappa shape index (κ3) is 3.84. The van der Waals surface area contributed by atoms with Crippen LogP contribution in [0.3, 0.4) is 0 Å². The number of hydrogen-bond acceptors (Lipinski definition) is 3. The van der Waals surface area contributed by atoms with Gasteiger partial charge in [0.15, 0.2) is 0 Å². The van der Waals surface area contributed by atoms with E-state index in [1.54, 1.807) is 0 Å². The lowest BCUT2D eigenvalue weighted by Gasteiger charge is -2.04. The van der Waals surface area contributed by atoms with Crippen LogP contribution in [0.1, 0.15) is 31.2 Å². The van der Waals surface area contributed by atoms with Crippen LogP contribution >= 0.6 is 0 Å². The maximum atomic E-state index is 10.2. The highest BCUT2D eigenvalue weighted by molar-refractivity contribution is 5.98. The summed E-state index contributed by atoms with van der Waals surface area (Å²) < 4.78 is 0. The predicted octanol–water partition coefficient (Wildman–Crippen LogP) is 3.21. The summed E-state index contributed by atoms with van der Waals surface area (Å²) in [5, 5.41) is 4.05. The Hall–Kier alpha value is -1.90. The van der Waals surface area contributed by atoms with Gasteiger partial charge in [-0.05, 0) is 24.5 Å². The standard InChI is InChI=1S/C15H17NO2/c17-11-5-4-8-15-12-14(16-18-15)10-9-13-6-2-1-3-7-13/h1-3,6-7,9-11,15H,4-5,8,12H2.